The molecule has 2 atom stereocenters. The van der Waals surface area contributed by atoms with Crippen LogP contribution in [0.25, 0.3) is 0 Å². The average Bonchev–Trinajstić information content (AvgIpc) is 2.80. The van der Waals surface area contributed by atoms with Gasteiger partial charge in [0.2, 0.25) is 5.71 Å². The summed E-state index contributed by atoms with van der Waals surface area (Å²) >= 11 is 0. The first-order valence-electron chi connectivity index (χ1n) is 7.91. The number of carbonyl (C=O) groups excluding carboxylic acids is 2. The molecule has 0 bridgehead atoms. The maximum atomic E-state index is 12.9. The number of nitrogens with zero attached hydrogens (tertiary/aromatic N) is 4. The molecular formula is C16H26N4O3. The molecular weight excluding hydrogens is 296 g/mol. The predicted octanol–water partition coefficient (Wildman–Crippen LogP) is 1.07. The van der Waals surface area contributed by atoms with Gasteiger partial charge in [0.25, 0.3) is 11.6 Å². The van der Waals surface area contributed by atoms with Crippen molar-refractivity contribution in [2.75, 3.05) is 14.1 Å². The fraction of sp³-hybridized carbons (Fsp3) is 0.750. The molecule has 0 aliphatic carbocycles. The van der Waals surface area contributed by atoms with Gasteiger partial charge in [-0.2, -0.15) is 4.74 Å². The molecule has 0 aromatic rings. The molecule has 2 unspecified atom stereocenters. The van der Waals surface area contributed by atoms with Crippen LogP contribution in [0.1, 0.15) is 41.5 Å². The molecule has 23 heavy (non-hydrogen) atoms. The van der Waals surface area contributed by atoms with Crippen LogP contribution in [0.15, 0.2) is 4.99 Å². The van der Waals surface area contributed by atoms with Crippen molar-refractivity contribution in [3.8, 4) is 0 Å². The second-order valence-electron chi connectivity index (χ2n) is 7.33. The van der Waals surface area contributed by atoms with Crippen LogP contribution >= 0.6 is 0 Å². The molecule has 2 heterocycles. The Labute approximate surface area is 137 Å². The fourth-order valence-electron chi connectivity index (χ4n) is 3.02. The summed E-state index contributed by atoms with van der Waals surface area (Å²) < 4.78 is 0.663. The molecule has 2 amide bonds. The van der Waals surface area contributed by atoms with E-state index in [2.05, 4.69) is 4.99 Å². The van der Waals surface area contributed by atoms with Crippen LogP contribution in [-0.2, 0) is 9.59 Å². The molecule has 2 aliphatic rings. The Bertz CT molecular complexity index is 637. The average molecular weight is 322 g/mol. The Balaban J connectivity index is 2.64. The summed E-state index contributed by atoms with van der Waals surface area (Å²) in [5, 5.41) is 12.9. The van der Waals surface area contributed by atoms with E-state index in [0.29, 0.717) is 4.74 Å². The lowest BCUT2D eigenvalue weighted by molar-refractivity contribution is -0.570. The van der Waals surface area contributed by atoms with Crippen molar-refractivity contribution in [2.45, 2.75) is 52.9 Å². The van der Waals surface area contributed by atoms with Gasteiger partial charge in [0.05, 0.1) is 0 Å². The molecule has 0 N–H and O–H groups in total. The molecule has 0 saturated heterocycles. The Morgan fingerprint density at radius 3 is 1.87 bits per heavy atom. The van der Waals surface area contributed by atoms with Crippen LogP contribution < -0.4 is 0 Å². The first kappa shape index (κ1) is 17.4. The van der Waals surface area contributed by atoms with Crippen molar-refractivity contribution in [2.24, 2.45) is 16.8 Å². The van der Waals surface area contributed by atoms with Gasteiger partial charge in [-0.1, -0.05) is 27.7 Å². The fourth-order valence-corrected chi connectivity index (χ4v) is 3.02. The first-order valence-corrected chi connectivity index (χ1v) is 7.91. The van der Waals surface area contributed by atoms with Crippen molar-refractivity contribution in [3.05, 3.63) is 5.21 Å². The van der Waals surface area contributed by atoms with Crippen LogP contribution in [-0.4, -0.2) is 63.2 Å². The van der Waals surface area contributed by atoms with E-state index in [9.17, 15) is 14.8 Å². The van der Waals surface area contributed by atoms with Crippen molar-refractivity contribution >= 4 is 23.2 Å². The first-order chi connectivity index (χ1) is 10.4. The Hall–Kier alpha value is -1.92. The molecule has 2 rings (SSSR count). The van der Waals surface area contributed by atoms with E-state index in [0.717, 1.165) is 0 Å². The third-order valence-corrected chi connectivity index (χ3v) is 5.74. The number of hydrogen-bond acceptors (Lipinski definition) is 4. The molecule has 2 aliphatic heterocycles. The lowest BCUT2D eigenvalue weighted by Gasteiger charge is -2.33. The number of hydroxylamine groups is 1. The monoisotopic (exact) mass is 322 g/mol. The Kier molecular flexibility index (Phi) is 3.82. The summed E-state index contributed by atoms with van der Waals surface area (Å²) in [6, 6.07) is 0. The third-order valence-electron chi connectivity index (χ3n) is 5.74. The van der Waals surface area contributed by atoms with Crippen LogP contribution in [0.3, 0.4) is 0 Å². The summed E-state index contributed by atoms with van der Waals surface area (Å²) in [6.45, 7) is 11.2. The minimum atomic E-state index is -1.02. The molecule has 128 valence electrons. The van der Waals surface area contributed by atoms with E-state index in [1.807, 2.05) is 34.6 Å². The van der Waals surface area contributed by atoms with Crippen LogP contribution in [0, 0.1) is 17.0 Å². The highest BCUT2D eigenvalue weighted by Gasteiger charge is 2.58. The van der Waals surface area contributed by atoms with Crippen molar-refractivity contribution in [3.63, 3.8) is 0 Å². The zero-order valence-electron chi connectivity index (χ0n) is 15.2. The zero-order valence-corrected chi connectivity index (χ0v) is 15.2. The zero-order chi connectivity index (χ0) is 17.9. The molecule has 0 saturated carbocycles. The van der Waals surface area contributed by atoms with E-state index >= 15 is 0 Å². The second-order valence-corrected chi connectivity index (χ2v) is 7.33. The highest BCUT2D eigenvalue weighted by Crippen LogP contribution is 2.34. The minimum absolute atomic E-state index is 0.0278. The van der Waals surface area contributed by atoms with Gasteiger partial charge < -0.3 is 10.1 Å². The van der Waals surface area contributed by atoms with Gasteiger partial charge in [-0.15, -0.1) is 0 Å². The molecule has 7 nitrogen and oxygen atoms in total. The summed E-state index contributed by atoms with van der Waals surface area (Å²) in [7, 11) is 3.24. The van der Waals surface area contributed by atoms with Crippen molar-refractivity contribution < 1.29 is 14.3 Å². The largest absolute Gasteiger partial charge is 0.621 e. The van der Waals surface area contributed by atoms with E-state index in [1.165, 1.54) is 9.80 Å². The number of carbonyl (C=O) groups is 2. The van der Waals surface area contributed by atoms with Crippen LogP contribution in [0.5, 0.6) is 0 Å². The number of amides is 2. The molecule has 0 spiro atoms. The SMILES string of the molecule is CC(C)C1(C)N=C(C2=[N+]([O-])C(C)(C(C)C)N(C)C2=O)C(=O)N1C. The third kappa shape index (κ3) is 2.01. The predicted molar refractivity (Wildman–Crippen MR) is 88.1 cm³/mol. The lowest BCUT2D eigenvalue weighted by Crippen LogP contribution is -2.51. The van der Waals surface area contributed by atoms with E-state index < -0.39 is 17.2 Å². The lowest BCUT2D eigenvalue weighted by atomic mass is 9.98. The van der Waals surface area contributed by atoms with Crippen molar-refractivity contribution in [1.29, 1.82) is 0 Å². The van der Waals surface area contributed by atoms with E-state index in [-0.39, 0.29) is 29.2 Å². The van der Waals surface area contributed by atoms with E-state index in [4.69, 9.17) is 0 Å². The Morgan fingerprint density at radius 2 is 1.52 bits per heavy atom. The van der Waals surface area contributed by atoms with Crippen LogP contribution in [0.4, 0.5) is 0 Å². The number of aliphatic imine (C=N–C) groups is 1. The van der Waals surface area contributed by atoms with Gasteiger partial charge in [0.1, 0.15) is 5.66 Å². The normalized spacial score (nSPS) is 32.0. The van der Waals surface area contributed by atoms with Gasteiger partial charge in [-0.3, -0.25) is 14.5 Å². The minimum Gasteiger partial charge on any atom is -0.621 e. The number of hydrogen-bond donors (Lipinski definition) is 0. The van der Waals surface area contributed by atoms with Gasteiger partial charge in [0, 0.05) is 26.9 Å². The maximum Gasteiger partial charge on any atom is 0.327 e. The van der Waals surface area contributed by atoms with Gasteiger partial charge >= 0.3 is 11.6 Å². The Morgan fingerprint density at radius 1 is 1.00 bits per heavy atom. The summed E-state index contributed by atoms with van der Waals surface area (Å²) in [4.78, 5) is 32.7. The maximum absolute atomic E-state index is 12.9. The smallest absolute Gasteiger partial charge is 0.327 e. The van der Waals surface area contributed by atoms with Gasteiger partial charge in [-0.05, 0) is 12.8 Å². The summed E-state index contributed by atoms with van der Waals surface area (Å²) in [5.74, 6) is -0.880. The standard InChI is InChI=1S/C16H26N4O3/c1-9(2)15(5)17-11(13(21)18(15)7)12-14(22)19(8)16(6,10(3)4)20(12)23/h9-10H,1-8H3. The number of rotatable bonds is 3. The highest BCUT2D eigenvalue weighted by atomic mass is 16.5. The quantitative estimate of drug-likeness (QED) is 0.576. The highest BCUT2D eigenvalue weighted by molar-refractivity contribution is 6.80. The summed E-state index contributed by atoms with van der Waals surface area (Å²) in [6.07, 6.45) is 0. The molecule has 7 heteroatoms. The van der Waals surface area contributed by atoms with Crippen molar-refractivity contribution in [1.82, 2.24) is 9.80 Å². The molecule has 0 radical (unpaired) electrons. The van der Waals surface area contributed by atoms with Crippen LogP contribution in [0.2, 0.25) is 0 Å². The van der Waals surface area contributed by atoms with Gasteiger partial charge in [0.15, 0.2) is 0 Å². The molecule has 0 fully saturated rings. The topological polar surface area (TPSA) is 79.0 Å². The molecule has 0 aromatic carbocycles. The van der Waals surface area contributed by atoms with E-state index in [1.54, 1.807) is 21.0 Å². The van der Waals surface area contributed by atoms with Gasteiger partial charge in [-0.25, -0.2) is 4.99 Å². The second kappa shape index (κ2) is 5.04. The summed E-state index contributed by atoms with van der Waals surface area (Å²) in [5.41, 5.74) is -1.95. The molecule has 0 aromatic heterocycles.